The lowest BCUT2D eigenvalue weighted by molar-refractivity contribution is 0.221. The lowest BCUT2D eigenvalue weighted by Crippen LogP contribution is -2.49. The highest BCUT2D eigenvalue weighted by Crippen LogP contribution is 2.41. The van der Waals surface area contributed by atoms with Gasteiger partial charge in [0.2, 0.25) is 0 Å². The Morgan fingerprint density at radius 1 is 1.28 bits per heavy atom. The molecule has 2 aliphatic rings. The number of benzene rings is 1. The Labute approximate surface area is 150 Å². The summed E-state index contributed by atoms with van der Waals surface area (Å²) >= 11 is 0. The first-order chi connectivity index (χ1) is 12.1. The molecule has 136 valence electrons. The van der Waals surface area contributed by atoms with Crippen molar-refractivity contribution < 1.29 is 4.39 Å². The molecule has 2 fully saturated rings. The van der Waals surface area contributed by atoms with Gasteiger partial charge in [0.25, 0.3) is 0 Å². The van der Waals surface area contributed by atoms with Crippen LogP contribution in [-0.2, 0) is 0 Å². The molecule has 25 heavy (non-hydrogen) atoms. The molecule has 1 saturated carbocycles. The number of likely N-dealkylation sites (tertiary alicyclic amines) is 1. The number of aliphatic imine (C=N–C) groups is 1. The summed E-state index contributed by atoms with van der Waals surface area (Å²) in [5, 5.41) is 6.99. The SMILES string of the molecule is C=C(C)CN1CCC(NC(=NC)NC2CC2c2ccccc2F)CC1. The Morgan fingerprint density at radius 2 is 2.00 bits per heavy atom. The summed E-state index contributed by atoms with van der Waals surface area (Å²) in [6.07, 6.45) is 3.17. The smallest absolute Gasteiger partial charge is 0.191 e. The van der Waals surface area contributed by atoms with E-state index >= 15 is 0 Å². The summed E-state index contributed by atoms with van der Waals surface area (Å²) in [6, 6.07) is 7.78. The van der Waals surface area contributed by atoms with E-state index in [0.717, 1.165) is 50.4 Å². The van der Waals surface area contributed by atoms with Crippen LogP contribution in [0.3, 0.4) is 0 Å². The van der Waals surface area contributed by atoms with Gasteiger partial charge in [-0.3, -0.25) is 9.89 Å². The van der Waals surface area contributed by atoms with Crippen LogP contribution in [0.15, 0.2) is 41.4 Å². The molecule has 5 heteroatoms. The van der Waals surface area contributed by atoms with Crippen molar-refractivity contribution in [3.8, 4) is 0 Å². The van der Waals surface area contributed by atoms with Crippen LogP contribution in [-0.4, -0.2) is 49.6 Å². The molecule has 1 saturated heterocycles. The van der Waals surface area contributed by atoms with Crippen LogP contribution < -0.4 is 10.6 Å². The standard InChI is InChI=1S/C20H29FN4/c1-14(2)13-25-10-8-15(9-11-25)23-20(22-3)24-19-12-17(19)16-6-4-5-7-18(16)21/h4-7,15,17,19H,1,8-13H2,2-3H3,(H2,22,23,24). The first kappa shape index (κ1) is 17.9. The molecule has 1 aromatic carbocycles. The zero-order valence-corrected chi connectivity index (χ0v) is 15.3. The predicted octanol–water partition coefficient (Wildman–Crippen LogP) is 2.89. The van der Waals surface area contributed by atoms with Crippen LogP contribution in [0.5, 0.6) is 0 Å². The molecule has 0 spiro atoms. The van der Waals surface area contributed by atoms with E-state index in [4.69, 9.17) is 0 Å². The van der Waals surface area contributed by atoms with Gasteiger partial charge in [-0.25, -0.2) is 4.39 Å². The number of hydrogen-bond donors (Lipinski definition) is 2. The van der Waals surface area contributed by atoms with Gasteiger partial charge in [-0.15, -0.1) is 0 Å². The Bertz CT molecular complexity index is 634. The van der Waals surface area contributed by atoms with E-state index in [1.54, 1.807) is 13.1 Å². The predicted molar refractivity (Wildman–Crippen MR) is 101 cm³/mol. The second kappa shape index (κ2) is 8.00. The van der Waals surface area contributed by atoms with Crippen molar-refractivity contribution in [1.29, 1.82) is 0 Å². The van der Waals surface area contributed by atoms with Gasteiger partial charge in [0.05, 0.1) is 0 Å². The molecule has 1 aromatic rings. The molecule has 0 amide bonds. The Hall–Kier alpha value is -1.88. The minimum absolute atomic E-state index is 0.107. The Balaban J connectivity index is 1.46. The number of hydrogen-bond acceptors (Lipinski definition) is 2. The Kier molecular flexibility index (Phi) is 5.74. The molecule has 1 heterocycles. The average Bonchev–Trinajstić information content (AvgIpc) is 3.35. The summed E-state index contributed by atoms with van der Waals surface area (Å²) in [7, 11) is 1.80. The third-order valence-corrected chi connectivity index (χ3v) is 5.06. The summed E-state index contributed by atoms with van der Waals surface area (Å²) in [5.74, 6) is 0.976. The lowest BCUT2D eigenvalue weighted by Gasteiger charge is -2.33. The van der Waals surface area contributed by atoms with E-state index in [9.17, 15) is 4.39 Å². The van der Waals surface area contributed by atoms with Crippen molar-refractivity contribution in [2.45, 2.75) is 44.2 Å². The summed E-state index contributed by atoms with van der Waals surface area (Å²) < 4.78 is 13.9. The van der Waals surface area contributed by atoms with E-state index in [1.165, 1.54) is 11.6 Å². The van der Waals surface area contributed by atoms with Gasteiger partial charge in [0.15, 0.2) is 5.96 Å². The van der Waals surface area contributed by atoms with Crippen LogP contribution in [0.2, 0.25) is 0 Å². The minimum Gasteiger partial charge on any atom is -0.354 e. The molecule has 2 atom stereocenters. The van der Waals surface area contributed by atoms with E-state index in [0.29, 0.717) is 6.04 Å². The van der Waals surface area contributed by atoms with Crippen LogP contribution in [0.4, 0.5) is 4.39 Å². The third kappa shape index (κ3) is 4.82. The highest BCUT2D eigenvalue weighted by molar-refractivity contribution is 5.80. The fourth-order valence-corrected chi connectivity index (χ4v) is 3.63. The van der Waals surface area contributed by atoms with Crippen molar-refractivity contribution in [3.63, 3.8) is 0 Å². The number of nitrogens with zero attached hydrogens (tertiary/aromatic N) is 2. The van der Waals surface area contributed by atoms with Crippen molar-refractivity contribution in [1.82, 2.24) is 15.5 Å². The first-order valence-electron chi connectivity index (χ1n) is 9.18. The Morgan fingerprint density at radius 3 is 2.64 bits per heavy atom. The molecule has 0 bridgehead atoms. The molecule has 2 unspecified atom stereocenters. The van der Waals surface area contributed by atoms with Gasteiger partial charge in [-0.05, 0) is 37.8 Å². The molecule has 1 aliphatic carbocycles. The number of piperidine rings is 1. The van der Waals surface area contributed by atoms with Gasteiger partial charge < -0.3 is 10.6 Å². The number of rotatable bonds is 5. The fourth-order valence-electron chi connectivity index (χ4n) is 3.63. The van der Waals surface area contributed by atoms with Crippen molar-refractivity contribution >= 4 is 5.96 Å². The highest BCUT2D eigenvalue weighted by Gasteiger charge is 2.40. The molecule has 1 aliphatic heterocycles. The fraction of sp³-hybridized carbons (Fsp3) is 0.550. The van der Waals surface area contributed by atoms with E-state index in [2.05, 4.69) is 34.0 Å². The molecule has 0 radical (unpaired) electrons. The molecular formula is C20H29FN4. The first-order valence-corrected chi connectivity index (χ1v) is 9.18. The van der Waals surface area contributed by atoms with Gasteiger partial charge in [0, 0.05) is 44.7 Å². The molecule has 3 rings (SSSR count). The largest absolute Gasteiger partial charge is 0.354 e. The maximum atomic E-state index is 13.9. The number of halogens is 1. The normalized spacial score (nSPS) is 24.8. The maximum Gasteiger partial charge on any atom is 0.191 e. The minimum atomic E-state index is -0.107. The highest BCUT2D eigenvalue weighted by atomic mass is 19.1. The van der Waals surface area contributed by atoms with Crippen LogP contribution in [0.25, 0.3) is 0 Å². The molecular weight excluding hydrogens is 315 g/mol. The average molecular weight is 344 g/mol. The maximum absolute atomic E-state index is 13.9. The third-order valence-electron chi connectivity index (χ3n) is 5.06. The van der Waals surface area contributed by atoms with Crippen LogP contribution in [0.1, 0.15) is 37.7 Å². The van der Waals surface area contributed by atoms with Crippen LogP contribution in [0, 0.1) is 5.82 Å². The van der Waals surface area contributed by atoms with Gasteiger partial charge in [-0.1, -0.05) is 30.4 Å². The van der Waals surface area contributed by atoms with Gasteiger partial charge in [-0.2, -0.15) is 0 Å². The lowest BCUT2D eigenvalue weighted by atomic mass is 10.0. The number of nitrogens with one attached hydrogen (secondary N) is 2. The van der Waals surface area contributed by atoms with Gasteiger partial charge in [0.1, 0.15) is 5.82 Å². The van der Waals surface area contributed by atoms with Crippen molar-refractivity contribution in [3.05, 3.63) is 47.8 Å². The summed E-state index contributed by atoms with van der Waals surface area (Å²) in [6.45, 7) is 9.24. The summed E-state index contributed by atoms with van der Waals surface area (Å²) in [5.41, 5.74) is 2.03. The quantitative estimate of drug-likeness (QED) is 0.490. The monoisotopic (exact) mass is 344 g/mol. The van der Waals surface area contributed by atoms with E-state index in [-0.39, 0.29) is 17.8 Å². The number of guanidine groups is 1. The topological polar surface area (TPSA) is 39.7 Å². The molecule has 4 nitrogen and oxygen atoms in total. The van der Waals surface area contributed by atoms with Gasteiger partial charge >= 0.3 is 0 Å². The van der Waals surface area contributed by atoms with Crippen molar-refractivity contribution in [2.75, 3.05) is 26.7 Å². The summed E-state index contributed by atoms with van der Waals surface area (Å²) in [4.78, 5) is 6.80. The van der Waals surface area contributed by atoms with Crippen LogP contribution >= 0.6 is 0 Å². The zero-order chi connectivity index (χ0) is 17.8. The van der Waals surface area contributed by atoms with E-state index in [1.807, 2.05) is 12.1 Å². The second-order valence-corrected chi connectivity index (χ2v) is 7.34. The van der Waals surface area contributed by atoms with E-state index < -0.39 is 0 Å². The second-order valence-electron chi connectivity index (χ2n) is 7.34. The zero-order valence-electron chi connectivity index (χ0n) is 15.3. The molecule has 2 N–H and O–H groups in total. The molecule has 0 aromatic heterocycles. The van der Waals surface area contributed by atoms with Crippen molar-refractivity contribution in [2.24, 2.45) is 4.99 Å².